The van der Waals surface area contributed by atoms with Gasteiger partial charge in [-0.3, -0.25) is 0 Å². The molecule has 1 rings (SSSR count). The van der Waals surface area contributed by atoms with Gasteiger partial charge in [-0.1, -0.05) is 6.07 Å². The number of anilines is 1. The normalized spacial score (nSPS) is 11.7. The molecule has 0 amide bonds. The zero-order valence-corrected chi connectivity index (χ0v) is 11.9. The van der Waals surface area contributed by atoms with Crippen molar-refractivity contribution in [1.29, 1.82) is 0 Å². The fourth-order valence-electron chi connectivity index (χ4n) is 1.85. The van der Waals surface area contributed by atoms with Crippen molar-refractivity contribution >= 4 is 5.82 Å². The molecule has 0 aliphatic heterocycles. The minimum absolute atomic E-state index is 0.123. The number of aromatic nitrogens is 1. The number of halogens is 3. The molecule has 0 saturated heterocycles. The predicted molar refractivity (Wildman–Crippen MR) is 73.2 cm³/mol. The van der Waals surface area contributed by atoms with E-state index in [0.29, 0.717) is 25.3 Å². The Bertz CT molecular complexity index is 416. The minimum Gasteiger partial charge on any atom is -0.395 e. The van der Waals surface area contributed by atoms with Crippen molar-refractivity contribution in [3.63, 3.8) is 0 Å². The van der Waals surface area contributed by atoms with Crippen LogP contribution in [-0.4, -0.2) is 56.2 Å². The van der Waals surface area contributed by atoms with Gasteiger partial charge in [0.15, 0.2) is 0 Å². The summed E-state index contributed by atoms with van der Waals surface area (Å²) < 4.78 is 42.7. The molecule has 0 aromatic carbocycles. The number of rotatable bonds is 9. The summed E-state index contributed by atoms with van der Waals surface area (Å²) in [5, 5.41) is 12.0. The van der Waals surface area contributed by atoms with Crippen LogP contribution in [0.5, 0.6) is 0 Å². The molecule has 0 radical (unpaired) electrons. The Balaban J connectivity index is 2.81. The van der Waals surface area contributed by atoms with E-state index < -0.39 is 12.7 Å². The van der Waals surface area contributed by atoms with Gasteiger partial charge >= 0.3 is 6.18 Å². The molecule has 0 bridgehead atoms. The number of hydrogen-bond donors (Lipinski definition) is 2. The number of hydrogen-bond acceptors (Lipinski definition) is 5. The standard InChI is InChI=1S/C13H20F3N3O2/c1-21-8-5-17-9-11-3-2-4-18-12(11)19(6-7-20)10-13(14,15)16/h2-4,17,20H,5-10H2,1H3. The summed E-state index contributed by atoms with van der Waals surface area (Å²) in [6, 6.07) is 3.38. The predicted octanol–water partition coefficient (Wildman–Crippen LogP) is 1.18. The molecule has 0 spiro atoms. The number of nitrogens with zero attached hydrogens (tertiary/aromatic N) is 2. The van der Waals surface area contributed by atoms with Crippen molar-refractivity contribution in [3.05, 3.63) is 23.9 Å². The molecule has 0 unspecified atom stereocenters. The number of methoxy groups -OCH3 is 1. The first kappa shape index (κ1) is 17.7. The van der Waals surface area contributed by atoms with E-state index in [1.54, 1.807) is 19.2 Å². The van der Waals surface area contributed by atoms with Crippen LogP contribution in [0.25, 0.3) is 0 Å². The second-order valence-corrected chi connectivity index (χ2v) is 4.42. The largest absolute Gasteiger partial charge is 0.405 e. The highest BCUT2D eigenvalue weighted by Gasteiger charge is 2.31. The maximum Gasteiger partial charge on any atom is 0.405 e. The van der Waals surface area contributed by atoms with Crippen LogP contribution in [0.15, 0.2) is 18.3 Å². The molecule has 2 N–H and O–H groups in total. The zero-order valence-electron chi connectivity index (χ0n) is 11.9. The summed E-state index contributed by atoms with van der Waals surface area (Å²) in [6.07, 6.45) is -2.91. The molecular weight excluding hydrogens is 287 g/mol. The summed E-state index contributed by atoms with van der Waals surface area (Å²) in [4.78, 5) is 5.06. The second-order valence-electron chi connectivity index (χ2n) is 4.42. The third kappa shape index (κ3) is 6.74. The van der Waals surface area contributed by atoms with Crippen LogP contribution in [0.1, 0.15) is 5.56 Å². The average Bonchev–Trinajstić information content (AvgIpc) is 2.42. The molecule has 1 heterocycles. The Morgan fingerprint density at radius 1 is 1.43 bits per heavy atom. The van der Waals surface area contributed by atoms with Crippen LogP contribution >= 0.6 is 0 Å². The molecule has 0 saturated carbocycles. The number of aliphatic hydroxyl groups is 1. The molecule has 5 nitrogen and oxygen atoms in total. The van der Waals surface area contributed by atoms with E-state index in [9.17, 15) is 13.2 Å². The van der Waals surface area contributed by atoms with Crippen molar-refractivity contribution in [2.45, 2.75) is 12.7 Å². The van der Waals surface area contributed by atoms with Crippen molar-refractivity contribution < 1.29 is 23.0 Å². The van der Waals surface area contributed by atoms with E-state index in [2.05, 4.69) is 10.3 Å². The van der Waals surface area contributed by atoms with E-state index in [0.717, 1.165) is 4.90 Å². The highest BCUT2D eigenvalue weighted by molar-refractivity contribution is 5.47. The molecule has 0 aliphatic rings. The molecule has 0 atom stereocenters. The quantitative estimate of drug-likeness (QED) is 0.671. The van der Waals surface area contributed by atoms with E-state index in [1.807, 2.05) is 0 Å². The van der Waals surface area contributed by atoms with Gasteiger partial charge in [-0.15, -0.1) is 0 Å². The zero-order chi connectivity index (χ0) is 15.7. The number of pyridine rings is 1. The third-order valence-electron chi connectivity index (χ3n) is 2.71. The first-order chi connectivity index (χ1) is 9.98. The minimum atomic E-state index is -4.35. The third-order valence-corrected chi connectivity index (χ3v) is 2.71. The van der Waals surface area contributed by atoms with Gasteiger partial charge in [-0.05, 0) is 6.07 Å². The van der Waals surface area contributed by atoms with Gasteiger partial charge in [0, 0.05) is 38.5 Å². The van der Waals surface area contributed by atoms with Crippen LogP contribution in [-0.2, 0) is 11.3 Å². The van der Waals surface area contributed by atoms with Crippen molar-refractivity contribution in [2.75, 3.05) is 44.9 Å². The monoisotopic (exact) mass is 307 g/mol. The van der Waals surface area contributed by atoms with Crippen molar-refractivity contribution in [2.24, 2.45) is 0 Å². The second kappa shape index (κ2) is 8.81. The van der Waals surface area contributed by atoms with Gasteiger partial charge in [0.1, 0.15) is 12.4 Å². The average molecular weight is 307 g/mol. The molecule has 0 fully saturated rings. The lowest BCUT2D eigenvalue weighted by molar-refractivity contribution is -0.120. The summed E-state index contributed by atoms with van der Waals surface area (Å²) in [5.41, 5.74) is 0.645. The lowest BCUT2D eigenvalue weighted by Gasteiger charge is -2.26. The Morgan fingerprint density at radius 3 is 2.81 bits per heavy atom. The van der Waals surface area contributed by atoms with Crippen LogP contribution in [0.4, 0.5) is 19.0 Å². The van der Waals surface area contributed by atoms with E-state index in [1.165, 1.54) is 6.20 Å². The topological polar surface area (TPSA) is 57.6 Å². The number of aliphatic hydroxyl groups excluding tert-OH is 1. The van der Waals surface area contributed by atoms with Crippen LogP contribution in [0.2, 0.25) is 0 Å². The lowest BCUT2D eigenvalue weighted by atomic mass is 10.2. The molecule has 1 aromatic rings. The van der Waals surface area contributed by atoms with Crippen molar-refractivity contribution in [3.8, 4) is 0 Å². The summed E-state index contributed by atoms with van der Waals surface area (Å²) in [6.45, 7) is -0.157. The maximum atomic E-state index is 12.6. The molecule has 0 aliphatic carbocycles. The Morgan fingerprint density at radius 2 is 2.19 bits per heavy atom. The van der Waals surface area contributed by atoms with Gasteiger partial charge in [-0.25, -0.2) is 4.98 Å². The molecule has 21 heavy (non-hydrogen) atoms. The Hall–Kier alpha value is -1.38. The first-order valence-corrected chi connectivity index (χ1v) is 6.54. The Kier molecular flexibility index (Phi) is 7.41. The molecule has 8 heteroatoms. The summed E-state index contributed by atoms with van der Waals surface area (Å²) in [5.74, 6) is 0.230. The highest BCUT2D eigenvalue weighted by Crippen LogP contribution is 2.23. The number of nitrogens with one attached hydrogen (secondary N) is 1. The van der Waals surface area contributed by atoms with E-state index in [4.69, 9.17) is 9.84 Å². The Labute approximate surface area is 121 Å². The molecule has 1 aromatic heterocycles. The lowest BCUT2D eigenvalue weighted by Crippen LogP contribution is -2.37. The van der Waals surface area contributed by atoms with Crippen LogP contribution < -0.4 is 10.2 Å². The van der Waals surface area contributed by atoms with Gasteiger partial charge < -0.3 is 20.1 Å². The van der Waals surface area contributed by atoms with E-state index in [-0.39, 0.29) is 19.0 Å². The smallest absolute Gasteiger partial charge is 0.395 e. The van der Waals surface area contributed by atoms with Crippen LogP contribution in [0.3, 0.4) is 0 Å². The first-order valence-electron chi connectivity index (χ1n) is 6.54. The molecular formula is C13H20F3N3O2. The van der Waals surface area contributed by atoms with Gasteiger partial charge in [0.05, 0.1) is 13.2 Å². The van der Waals surface area contributed by atoms with Gasteiger partial charge in [0.2, 0.25) is 0 Å². The summed E-state index contributed by atoms with van der Waals surface area (Å²) in [7, 11) is 1.57. The SMILES string of the molecule is COCCNCc1cccnc1N(CCO)CC(F)(F)F. The summed E-state index contributed by atoms with van der Waals surface area (Å²) >= 11 is 0. The number of alkyl halides is 3. The fourth-order valence-corrected chi connectivity index (χ4v) is 1.85. The maximum absolute atomic E-state index is 12.6. The van der Waals surface area contributed by atoms with Crippen molar-refractivity contribution in [1.82, 2.24) is 10.3 Å². The van der Waals surface area contributed by atoms with Crippen LogP contribution in [0, 0.1) is 0 Å². The highest BCUT2D eigenvalue weighted by atomic mass is 19.4. The van der Waals surface area contributed by atoms with Gasteiger partial charge in [-0.2, -0.15) is 13.2 Å². The molecule has 120 valence electrons. The van der Waals surface area contributed by atoms with E-state index >= 15 is 0 Å². The fraction of sp³-hybridized carbons (Fsp3) is 0.615. The van der Waals surface area contributed by atoms with Gasteiger partial charge in [0.25, 0.3) is 0 Å². The number of ether oxygens (including phenoxy) is 1.